The van der Waals surface area contributed by atoms with Gasteiger partial charge in [-0.1, -0.05) is 71.1 Å². The standard InChI is InChI=1S/C31H42FN7O2/c1-4-23-26(19(2)37-38-23)22-15-16-25(34-29(22)32)35-31(41)28(36-30(40)24-17-18-33-39(24)3)27(20-11-7-5-8-12-20)21-13-9-6-10-14-21/h15-18,20-21,27-28H,4-14H2,1-3H3,(H,36,40)(H,37,38)(H,34,35,41)/t28-/m0/s1. The Balaban J connectivity index is 1.45. The first kappa shape index (κ1) is 29.0. The third-order valence-corrected chi connectivity index (χ3v) is 9.12. The molecule has 3 N–H and O–H groups in total. The molecule has 2 aliphatic carbocycles. The van der Waals surface area contributed by atoms with E-state index in [9.17, 15) is 9.59 Å². The van der Waals surface area contributed by atoms with Gasteiger partial charge in [-0.25, -0.2) is 4.98 Å². The fourth-order valence-corrected chi connectivity index (χ4v) is 7.10. The van der Waals surface area contributed by atoms with Crippen LogP contribution in [0.2, 0.25) is 0 Å². The summed E-state index contributed by atoms with van der Waals surface area (Å²) in [7, 11) is 1.71. The Labute approximate surface area is 241 Å². The highest BCUT2D eigenvalue weighted by molar-refractivity contribution is 6.00. The lowest BCUT2D eigenvalue weighted by atomic mass is 9.66. The molecule has 10 heteroatoms. The van der Waals surface area contributed by atoms with Crippen LogP contribution in [0.4, 0.5) is 10.2 Å². The zero-order valence-electron chi connectivity index (χ0n) is 24.4. The van der Waals surface area contributed by atoms with Crippen molar-refractivity contribution in [3.05, 3.63) is 47.4 Å². The number of carbonyl (C=O) groups excluding carboxylic acids is 2. The molecule has 2 saturated carbocycles. The van der Waals surface area contributed by atoms with E-state index in [-0.39, 0.29) is 23.6 Å². The number of aromatic amines is 1. The van der Waals surface area contributed by atoms with Crippen molar-refractivity contribution in [1.82, 2.24) is 30.3 Å². The van der Waals surface area contributed by atoms with Gasteiger partial charge in [-0.3, -0.25) is 19.4 Å². The van der Waals surface area contributed by atoms with E-state index in [2.05, 4.69) is 30.9 Å². The number of amides is 2. The van der Waals surface area contributed by atoms with Crippen molar-refractivity contribution < 1.29 is 14.0 Å². The van der Waals surface area contributed by atoms with Crippen molar-refractivity contribution in [3.63, 3.8) is 0 Å². The van der Waals surface area contributed by atoms with Crippen LogP contribution < -0.4 is 10.6 Å². The minimum atomic E-state index is -0.768. The zero-order valence-corrected chi connectivity index (χ0v) is 24.4. The molecule has 3 heterocycles. The largest absolute Gasteiger partial charge is 0.339 e. The number of nitrogens with zero attached hydrogens (tertiary/aromatic N) is 4. The van der Waals surface area contributed by atoms with Crippen molar-refractivity contribution in [2.24, 2.45) is 24.8 Å². The molecular weight excluding hydrogens is 521 g/mol. The minimum absolute atomic E-state index is 0.00223. The number of pyridine rings is 1. The molecule has 0 saturated heterocycles. The predicted octanol–water partition coefficient (Wildman–Crippen LogP) is 5.73. The second-order valence-electron chi connectivity index (χ2n) is 11.7. The van der Waals surface area contributed by atoms with Crippen LogP contribution in [0.5, 0.6) is 0 Å². The van der Waals surface area contributed by atoms with Gasteiger partial charge in [-0.2, -0.15) is 14.6 Å². The first-order chi connectivity index (χ1) is 19.9. The maximum Gasteiger partial charge on any atom is 0.270 e. The van der Waals surface area contributed by atoms with Gasteiger partial charge in [0.05, 0.1) is 5.69 Å². The van der Waals surface area contributed by atoms with E-state index in [4.69, 9.17) is 0 Å². The van der Waals surface area contributed by atoms with Crippen molar-refractivity contribution >= 4 is 17.6 Å². The number of aromatic nitrogens is 5. The SMILES string of the molecule is CCc1n[nH]c(C)c1-c1ccc(NC(=O)[C@@H](NC(=O)c2ccnn2C)C(C2CCCCC2)C2CCCCC2)nc1F. The van der Waals surface area contributed by atoms with Crippen LogP contribution in [0.1, 0.15) is 93.0 Å². The molecule has 9 nitrogen and oxygen atoms in total. The molecule has 0 bridgehead atoms. The maximum absolute atomic E-state index is 15.4. The lowest BCUT2D eigenvalue weighted by Gasteiger charge is -2.41. The Hall–Kier alpha value is -3.56. The average molecular weight is 564 g/mol. The van der Waals surface area contributed by atoms with E-state index in [1.807, 2.05) is 13.8 Å². The second kappa shape index (κ2) is 13.0. The molecule has 3 aromatic heterocycles. The first-order valence-electron chi connectivity index (χ1n) is 15.2. The number of halogens is 1. The van der Waals surface area contributed by atoms with Gasteiger partial charge in [-0.15, -0.1) is 0 Å². The van der Waals surface area contributed by atoms with Crippen molar-refractivity contribution in [3.8, 4) is 11.1 Å². The third kappa shape index (κ3) is 6.36. The molecule has 2 amide bonds. The normalized spacial score (nSPS) is 17.5. The fraction of sp³-hybridized carbons (Fsp3) is 0.581. The summed E-state index contributed by atoms with van der Waals surface area (Å²) in [6, 6.07) is 4.14. The van der Waals surface area contributed by atoms with E-state index >= 15 is 4.39 Å². The van der Waals surface area contributed by atoms with Gasteiger partial charge < -0.3 is 10.6 Å². The van der Waals surface area contributed by atoms with E-state index < -0.39 is 12.0 Å². The quantitative estimate of drug-likeness (QED) is 0.288. The van der Waals surface area contributed by atoms with E-state index in [1.165, 1.54) is 17.5 Å². The topological polar surface area (TPSA) is 118 Å². The highest BCUT2D eigenvalue weighted by Gasteiger charge is 2.41. The highest BCUT2D eigenvalue weighted by atomic mass is 19.1. The van der Waals surface area contributed by atoms with Crippen LogP contribution in [0.3, 0.4) is 0 Å². The molecule has 0 spiro atoms. The first-order valence-corrected chi connectivity index (χ1v) is 15.2. The molecule has 2 aliphatic rings. The van der Waals surface area contributed by atoms with Crippen molar-refractivity contribution in [1.29, 1.82) is 0 Å². The number of nitrogens with one attached hydrogen (secondary N) is 3. The molecule has 0 aliphatic heterocycles. The van der Waals surface area contributed by atoms with Crippen LogP contribution in [0.15, 0.2) is 24.4 Å². The van der Waals surface area contributed by atoms with Crippen LogP contribution in [-0.2, 0) is 18.3 Å². The summed E-state index contributed by atoms with van der Waals surface area (Å²) < 4.78 is 16.9. The smallest absolute Gasteiger partial charge is 0.270 e. The van der Waals surface area contributed by atoms with Crippen LogP contribution >= 0.6 is 0 Å². The fourth-order valence-electron chi connectivity index (χ4n) is 7.10. The molecular formula is C31H42FN7O2. The summed E-state index contributed by atoms with van der Waals surface area (Å²) >= 11 is 0. The molecule has 2 fully saturated rings. The summed E-state index contributed by atoms with van der Waals surface area (Å²) in [5.74, 6) is -0.544. The number of aryl methyl sites for hydroxylation is 3. The Morgan fingerprint density at radius 2 is 1.71 bits per heavy atom. The summed E-state index contributed by atoms with van der Waals surface area (Å²) in [6.45, 7) is 3.82. The van der Waals surface area contributed by atoms with Crippen molar-refractivity contribution in [2.45, 2.75) is 90.5 Å². The number of hydrogen-bond donors (Lipinski definition) is 3. The minimum Gasteiger partial charge on any atom is -0.339 e. The van der Waals surface area contributed by atoms with Crippen LogP contribution in [-0.4, -0.2) is 42.8 Å². The summed E-state index contributed by atoms with van der Waals surface area (Å²) in [5.41, 5.74) is 2.96. The van der Waals surface area contributed by atoms with Crippen LogP contribution in [0.25, 0.3) is 11.1 Å². The summed E-state index contributed by atoms with van der Waals surface area (Å²) in [6.07, 6.45) is 13.4. The Kier molecular flexibility index (Phi) is 9.15. The van der Waals surface area contributed by atoms with Gasteiger partial charge in [0.1, 0.15) is 17.6 Å². The van der Waals surface area contributed by atoms with Crippen LogP contribution in [0, 0.1) is 30.6 Å². The van der Waals surface area contributed by atoms with Gasteiger partial charge in [0.15, 0.2) is 0 Å². The average Bonchev–Trinajstić information content (AvgIpc) is 3.58. The van der Waals surface area contributed by atoms with Crippen molar-refractivity contribution in [2.75, 3.05) is 5.32 Å². The Morgan fingerprint density at radius 1 is 1.05 bits per heavy atom. The molecule has 3 aromatic rings. The van der Waals surface area contributed by atoms with Gasteiger partial charge >= 0.3 is 0 Å². The predicted molar refractivity (Wildman–Crippen MR) is 156 cm³/mol. The monoisotopic (exact) mass is 563 g/mol. The molecule has 41 heavy (non-hydrogen) atoms. The lowest BCUT2D eigenvalue weighted by Crippen LogP contribution is -2.53. The molecule has 0 aromatic carbocycles. The highest BCUT2D eigenvalue weighted by Crippen LogP contribution is 2.42. The van der Waals surface area contributed by atoms with Gasteiger partial charge in [0, 0.05) is 30.1 Å². The Bertz CT molecular complexity index is 1340. The summed E-state index contributed by atoms with van der Waals surface area (Å²) in [5, 5.41) is 17.3. The van der Waals surface area contributed by atoms with E-state index in [1.54, 1.807) is 31.4 Å². The molecule has 5 rings (SSSR count). The molecule has 1 atom stereocenters. The van der Waals surface area contributed by atoms with Gasteiger partial charge in [0.25, 0.3) is 5.91 Å². The third-order valence-electron chi connectivity index (χ3n) is 9.12. The van der Waals surface area contributed by atoms with Gasteiger partial charge in [0.2, 0.25) is 11.9 Å². The van der Waals surface area contributed by atoms with E-state index in [0.717, 1.165) is 62.8 Å². The lowest BCUT2D eigenvalue weighted by molar-refractivity contribution is -0.121. The Morgan fingerprint density at radius 3 is 2.27 bits per heavy atom. The number of anilines is 1. The number of hydrogen-bond acceptors (Lipinski definition) is 5. The van der Waals surface area contributed by atoms with Gasteiger partial charge in [-0.05, 0) is 49.3 Å². The number of carbonyl (C=O) groups is 2. The number of rotatable bonds is 9. The number of H-pyrrole nitrogens is 1. The molecule has 0 radical (unpaired) electrons. The van der Waals surface area contributed by atoms with E-state index in [0.29, 0.717) is 35.1 Å². The summed E-state index contributed by atoms with van der Waals surface area (Å²) in [4.78, 5) is 31.7. The molecule has 0 unspecified atom stereocenters. The molecule has 220 valence electrons. The zero-order chi connectivity index (χ0) is 28.9. The maximum atomic E-state index is 15.4. The second-order valence-corrected chi connectivity index (χ2v) is 11.7.